The topological polar surface area (TPSA) is 105 Å². The third kappa shape index (κ3) is 5.14. The molecule has 8 nitrogen and oxygen atoms in total. The molecule has 11 heteroatoms. The van der Waals surface area contributed by atoms with Crippen molar-refractivity contribution in [2.24, 2.45) is 0 Å². The minimum Gasteiger partial charge on any atom is -0.379 e. The van der Waals surface area contributed by atoms with Crippen LogP contribution in [0.3, 0.4) is 0 Å². The monoisotopic (exact) mass is 455 g/mol. The molecule has 2 N–H and O–H groups in total. The minimum absolute atomic E-state index is 0.00418. The molecular formula is C19H19ClFN3O5S. The highest BCUT2D eigenvalue weighted by Gasteiger charge is 2.27. The van der Waals surface area contributed by atoms with Gasteiger partial charge in [0, 0.05) is 29.2 Å². The molecular weight excluding hydrogens is 437 g/mol. The zero-order chi connectivity index (χ0) is 21.7. The maximum Gasteiger partial charge on any atom is 0.269 e. The molecule has 2 aromatic rings. The molecule has 0 atom stereocenters. The van der Waals surface area contributed by atoms with Crippen LogP contribution in [0.25, 0.3) is 0 Å². The summed E-state index contributed by atoms with van der Waals surface area (Å²) in [6, 6.07) is 9.50. The summed E-state index contributed by atoms with van der Waals surface area (Å²) in [5.41, 5.74) is 4.39. The second-order valence-electron chi connectivity index (χ2n) is 6.42. The Morgan fingerprint density at radius 2 is 1.80 bits per heavy atom. The van der Waals surface area contributed by atoms with E-state index in [4.69, 9.17) is 16.3 Å². The average molecular weight is 456 g/mol. The summed E-state index contributed by atoms with van der Waals surface area (Å²) in [6.45, 7) is 1.07. The van der Waals surface area contributed by atoms with Gasteiger partial charge >= 0.3 is 0 Å². The Kier molecular flexibility index (Phi) is 7.03. The SMILES string of the molecule is O=C(Cc1c(F)cccc1Cl)NNC(=O)c1cccc(S(=O)(=O)N2CCOCC2)c1. The maximum atomic E-state index is 13.8. The molecule has 0 aromatic heterocycles. The van der Waals surface area contributed by atoms with Gasteiger partial charge in [0.25, 0.3) is 5.91 Å². The summed E-state index contributed by atoms with van der Waals surface area (Å²) >= 11 is 5.88. The molecule has 2 aromatic carbocycles. The Morgan fingerprint density at radius 1 is 1.10 bits per heavy atom. The van der Waals surface area contributed by atoms with Crippen molar-refractivity contribution in [1.29, 1.82) is 0 Å². The lowest BCUT2D eigenvalue weighted by atomic mass is 10.1. The van der Waals surface area contributed by atoms with Crippen molar-refractivity contribution < 1.29 is 27.1 Å². The number of halogens is 2. The van der Waals surface area contributed by atoms with Crippen molar-refractivity contribution >= 4 is 33.4 Å². The number of carbonyl (C=O) groups is 2. The lowest BCUT2D eigenvalue weighted by molar-refractivity contribution is -0.121. The van der Waals surface area contributed by atoms with Crippen LogP contribution in [0, 0.1) is 5.82 Å². The summed E-state index contributed by atoms with van der Waals surface area (Å²) in [5.74, 6) is -2.04. The molecule has 0 saturated carbocycles. The number of hydrogen-bond donors (Lipinski definition) is 2. The average Bonchev–Trinajstić information content (AvgIpc) is 2.75. The van der Waals surface area contributed by atoms with Crippen LogP contribution in [0.4, 0.5) is 4.39 Å². The number of amides is 2. The van der Waals surface area contributed by atoms with Crippen LogP contribution >= 0.6 is 11.6 Å². The van der Waals surface area contributed by atoms with Crippen molar-refractivity contribution in [3.05, 3.63) is 64.4 Å². The van der Waals surface area contributed by atoms with E-state index in [2.05, 4.69) is 10.9 Å². The second-order valence-corrected chi connectivity index (χ2v) is 8.77. The Labute approximate surface area is 178 Å². The largest absolute Gasteiger partial charge is 0.379 e. The van der Waals surface area contributed by atoms with Gasteiger partial charge in [0.2, 0.25) is 15.9 Å². The van der Waals surface area contributed by atoms with Crippen molar-refractivity contribution in [2.75, 3.05) is 26.3 Å². The highest BCUT2D eigenvalue weighted by Crippen LogP contribution is 2.20. The number of ether oxygens (including phenoxy) is 1. The van der Waals surface area contributed by atoms with Crippen LogP contribution in [-0.4, -0.2) is 50.8 Å². The number of benzene rings is 2. The maximum absolute atomic E-state index is 13.8. The van der Waals surface area contributed by atoms with E-state index in [0.717, 1.165) is 0 Å². The van der Waals surface area contributed by atoms with Crippen molar-refractivity contribution in [1.82, 2.24) is 15.2 Å². The summed E-state index contributed by atoms with van der Waals surface area (Å²) < 4.78 is 45.6. The van der Waals surface area contributed by atoms with E-state index < -0.39 is 27.7 Å². The summed E-state index contributed by atoms with van der Waals surface area (Å²) in [7, 11) is -3.77. The summed E-state index contributed by atoms with van der Waals surface area (Å²) in [4.78, 5) is 24.3. The number of carbonyl (C=O) groups excluding carboxylic acids is 2. The first kappa shape index (κ1) is 22.2. The molecule has 0 radical (unpaired) electrons. The van der Waals surface area contributed by atoms with Crippen LogP contribution in [-0.2, 0) is 26.0 Å². The van der Waals surface area contributed by atoms with Gasteiger partial charge in [-0.25, -0.2) is 12.8 Å². The van der Waals surface area contributed by atoms with Gasteiger partial charge in [-0.1, -0.05) is 23.7 Å². The molecule has 0 unspecified atom stereocenters. The fourth-order valence-electron chi connectivity index (χ4n) is 2.84. The van der Waals surface area contributed by atoms with Crippen LogP contribution in [0.2, 0.25) is 5.02 Å². The Bertz CT molecular complexity index is 1040. The first-order chi connectivity index (χ1) is 14.3. The van der Waals surface area contributed by atoms with Gasteiger partial charge in [0.15, 0.2) is 0 Å². The van der Waals surface area contributed by atoms with Gasteiger partial charge in [0.05, 0.1) is 24.5 Å². The molecule has 160 valence electrons. The zero-order valence-electron chi connectivity index (χ0n) is 15.7. The molecule has 0 aliphatic carbocycles. The predicted molar refractivity (Wildman–Crippen MR) is 107 cm³/mol. The fourth-order valence-corrected chi connectivity index (χ4v) is 4.52. The zero-order valence-corrected chi connectivity index (χ0v) is 17.3. The molecule has 1 aliphatic rings. The van der Waals surface area contributed by atoms with E-state index in [1.807, 2.05) is 0 Å². The van der Waals surface area contributed by atoms with Crippen molar-refractivity contribution in [2.45, 2.75) is 11.3 Å². The Balaban J connectivity index is 1.64. The second kappa shape index (κ2) is 9.52. The van der Waals surface area contributed by atoms with Gasteiger partial charge < -0.3 is 4.74 Å². The number of sulfonamides is 1. The Morgan fingerprint density at radius 3 is 2.50 bits per heavy atom. The number of hydrogen-bond acceptors (Lipinski definition) is 5. The molecule has 1 fully saturated rings. The van der Waals surface area contributed by atoms with E-state index in [0.29, 0.717) is 13.2 Å². The van der Waals surface area contributed by atoms with Gasteiger partial charge in [0.1, 0.15) is 5.82 Å². The fraction of sp³-hybridized carbons (Fsp3) is 0.263. The third-order valence-corrected chi connectivity index (χ3v) is 6.67. The molecule has 1 saturated heterocycles. The molecule has 2 amide bonds. The number of nitrogens with zero attached hydrogens (tertiary/aromatic N) is 1. The quantitative estimate of drug-likeness (QED) is 0.665. The van der Waals surface area contributed by atoms with Crippen molar-refractivity contribution in [3.8, 4) is 0 Å². The molecule has 0 spiro atoms. The first-order valence-electron chi connectivity index (χ1n) is 8.99. The van der Waals surface area contributed by atoms with E-state index in [1.54, 1.807) is 0 Å². The smallest absolute Gasteiger partial charge is 0.269 e. The van der Waals surface area contributed by atoms with Crippen LogP contribution in [0.1, 0.15) is 15.9 Å². The van der Waals surface area contributed by atoms with E-state index in [1.165, 1.54) is 46.8 Å². The standard InChI is InChI=1S/C19H19ClFN3O5S/c20-16-5-2-6-17(21)15(16)12-18(25)22-23-19(26)13-3-1-4-14(11-13)30(27,28)24-7-9-29-10-8-24/h1-6,11H,7-10,12H2,(H,22,25)(H,23,26). The van der Waals surface area contributed by atoms with E-state index in [9.17, 15) is 22.4 Å². The van der Waals surface area contributed by atoms with Gasteiger partial charge in [-0.2, -0.15) is 4.31 Å². The van der Waals surface area contributed by atoms with E-state index in [-0.39, 0.29) is 40.6 Å². The van der Waals surface area contributed by atoms with Gasteiger partial charge in [-0.15, -0.1) is 0 Å². The van der Waals surface area contributed by atoms with Crippen LogP contribution in [0.15, 0.2) is 47.4 Å². The van der Waals surface area contributed by atoms with Crippen LogP contribution in [0.5, 0.6) is 0 Å². The molecule has 30 heavy (non-hydrogen) atoms. The highest BCUT2D eigenvalue weighted by atomic mass is 35.5. The third-order valence-electron chi connectivity index (χ3n) is 4.42. The van der Waals surface area contributed by atoms with Crippen molar-refractivity contribution in [3.63, 3.8) is 0 Å². The number of rotatable bonds is 5. The molecule has 1 heterocycles. The Hall–Kier alpha value is -2.53. The van der Waals surface area contributed by atoms with Gasteiger partial charge in [-0.05, 0) is 30.3 Å². The van der Waals surface area contributed by atoms with E-state index >= 15 is 0 Å². The number of nitrogens with one attached hydrogen (secondary N) is 2. The summed E-state index contributed by atoms with van der Waals surface area (Å²) in [5, 5.41) is 0.0949. The number of hydrazine groups is 1. The van der Waals surface area contributed by atoms with Gasteiger partial charge in [-0.3, -0.25) is 20.4 Å². The summed E-state index contributed by atoms with van der Waals surface area (Å²) in [6.07, 6.45) is -0.378. The molecule has 1 aliphatic heterocycles. The minimum atomic E-state index is -3.77. The molecule has 3 rings (SSSR count). The lowest BCUT2D eigenvalue weighted by Crippen LogP contribution is -2.42. The predicted octanol–water partition coefficient (Wildman–Crippen LogP) is 1.50. The van der Waals surface area contributed by atoms with Crippen LogP contribution < -0.4 is 10.9 Å². The number of morpholine rings is 1. The lowest BCUT2D eigenvalue weighted by Gasteiger charge is -2.26. The molecule has 0 bridgehead atoms. The highest BCUT2D eigenvalue weighted by molar-refractivity contribution is 7.89. The normalized spacial score (nSPS) is 14.9. The first-order valence-corrected chi connectivity index (χ1v) is 10.8.